The fourth-order valence-electron chi connectivity index (χ4n) is 2.47. The molecule has 0 aromatic carbocycles. The van der Waals surface area contributed by atoms with Crippen LogP contribution in [0.4, 0.5) is 5.82 Å². The number of pyridine rings is 1. The van der Waals surface area contributed by atoms with Gasteiger partial charge in [0.15, 0.2) is 11.6 Å². The molecule has 0 bridgehead atoms. The highest BCUT2D eigenvalue weighted by molar-refractivity contribution is 7.86. The molecule has 0 amide bonds. The van der Waals surface area contributed by atoms with Crippen LogP contribution in [0.5, 0.6) is 5.75 Å². The first-order valence-corrected chi connectivity index (χ1v) is 9.33. The van der Waals surface area contributed by atoms with E-state index in [9.17, 15) is 8.42 Å². The predicted molar refractivity (Wildman–Crippen MR) is 91.0 cm³/mol. The van der Waals surface area contributed by atoms with E-state index in [1.807, 2.05) is 32.9 Å². The highest BCUT2D eigenvalue weighted by Crippen LogP contribution is 2.26. The lowest BCUT2D eigenvalue weighted by Gasteiger charge is -2.37. The molecule has 1 aliphatic rings. The van der Waals surface area contributed by atoms with Crippen molar-refractivity contribution in [3.8, 4) is 5.75 Å². The van der Waals surface area contributed by atoms with Crippen molar-refractivity contribution in [2.45, 2.75) is 26.8 Å². The summed E-state index contributed by atoms with van der Waals surface area (Å²) in [5.74, 6) is 1.52. The molecule has 23 heavy (non-hydrogen) atoms. The minimum Gasteiger partial charge on any atom is -0.490 e. The first kappa shape index (κ1) is 18.0. The highest BCUT2D eigenvalue weighted by atomic mass is 32.2. The summed E-state index contributed by atoms with van der Waals surface area (Å²) in [5, 5.41) is 0. The van der Waals surface area contributed by atoms with Crippen LogP contribution in [0.2, 0.25) is 0 Å². The standard InChI is InChI=1S/C15H26N4O3S/c1-5-22-14-7-6-8-16-15(14)18-9-11-19(12-10-18)23(20,21)17(4)13(2)3/h6-8,13H,5,9-12H2,1-4H3. The summed E-state index contributed by atoms with van der Waals surface area (Å²) < 4.78 is 33.6. The first-order chi connectivity index (χ1) is 10.9. The van der Waals surface area contributed by atoms with Crippen molar-refractivity contribution in [2.75, 3.05) is 44.7 Å². The molecule has 0 atom stereocenters. The Bertz CT molecular complexity index is 613. The number of anilines is 1. The molecule has 0 N–H and O–H groups in total. The van der Waals surface area contributed by atoms with Gasteiger partial charge < -0.3 is 9.64 Å². The molecule has 2 heterocycles. The van der Waals surface area contributed by atoms with Gasteiger partial charge in [-0.1, -0.05) is 0 Å². The zero-order chi connectivity index (χ0) is 17.0. The number of nitrogens with zero attached hydrogens (tertiary/aromatic N) is 4. The molecule has 130 valence electrons. The number of hydrogen-bond acceptors (Lipinski definition) is 5. The van der Waals surface area contributed by atoms with Crippen LogP contribution in [0, 0.1) is 0 Å². The Hall–Kier alpha value is -1.38. The summed E-state index contributed by atoms with van der Waals surface area (Å²) in [6, 6.07) is 3.67. The van der Waals surface area contributed by atoms with E-state index in [0.717, 1.165) is 11.6 Å². The molecule has 1 aromatic rings. The third-order valence-electron chi connectivity index (χ3n) is 4.01. The van der Waals surface area contributed by atoms with Gasteiger partial charge >= 0.3 is 0 Å². The predicted octanol–water partition coefficient (Wildman–Crippen LogP) is 1.19. The smallest absolute Gasteiger partial charge is 0.282 e. The molecule has 8 heteroatoms. The average Bonchev–Trinajstić information content (AvgIpc) is 2.55. The Morgan fingerprint density at radius 1 is 1.30 bits per heavy atom. The van der Waals surface area contributed by atoms with Gasteiger partial charge in [0.2, 0.25) is 0 Å². The topological polar surface area (TPSA) is 66.0 Å². The van der Waals surface area contributed by atoms with Gasteiger partial charge in [-0.05, 0) is 32.9 Å². The molecule has 1 aromatic heterocycles. The molecular weight excluding hydrogens is 316 g/mol. The lowest BCUT2D eigenvalue weighted by molar-refractivity contribution is 0.317. The van der Waals surface area contributed by atoms with Crippen LogP contribution >= 0.6 is 0 Å². The third-order valence-corrected chi connectivity index (χ3v) is 6.17. The van der Waals surface area contributed by atoms with E-state index in [1.54, 1.807) is 13.2 Å². The van der Waals surface area contributed by atoms with E-state index < -0.39 is 10.2 Å². The number of piperazine rings is 1. The Balaban J connectivity index is 2.07. The number of rotatable bonds is 6. The van der Waals surface area contributed by atoms with Gasteiger partial charge in [-0.15, -0.1) is 0 Å². The maximum atomic E-state index is 12.5. The van der Waals surface area contributed by atoms with Gasteiger partial charge in [-0.25, -0.2) is 4.98 Å². The van der Waals surface area contributed by atoms with Gasteiger partial charge in [0.05, 0.1) is 6.61 Å². The fourth-order valence-corrected chi connectivity index (χ4v) is 3.99. The van der Waals surface area contributed by atoms with E-state index in [-0.39, 0.29) is 6.04 Å². The molecule has 1 saturated heterocycles. The first-order valence-electron chi connectivity index (χ1n) is 7.93. The quantitative estimate of drug-likeness (QED) is 0.777. The molecule has 1 fully saturated rings. The van der Waals surface area contributed by atoms with Crippen LogP contribution in [-0.2, 0) is 10.2 Å². The van der Waals surface area contributed by atoms with Crippen molar-refractivity contribution >= 4 is 16.0 Å². The van der Waals surface area contributed by atoms with Crippen LogP contribution in [0.25, 0.3) is 0 Å². The van der Waals surface area contributed by atoms with Crippen LogP contribution in [0.15, 0.2) is 18.3 Å². The largest absolute Gasteiger partial charge is 0.490 e. The normalized spacial score (nSPS) is 17.0. The monoisotopic (exact) mass is 342 g/mol. The highest BCUT2D eigenvalue weighted by Gasteiger charge is 2.32. The summed E-state index contributed by atoms with van der Waals surface area (Å²) in [5.41, 5.74) is 0. The van der Waals surface area contributed by atoms with Crippen LogP contribution in [0.1, 0.15) is 20.8 Å². The van der Waals surface area contributed by atoms with Gasteiger partial charge in [0.1, 0.15) is 0 Å². The molecule has 1 aliphatic heterocycles. The second-order valence-electron chi connectivity index (χ2n) is 5.76. The van der Waals surface area contributed by atoms with Crippen molar-refractivity contribution in [1.29, 1.82) is 0 Å². The number of ether oxygens (including phenoxy) is 1. The lowest BCUT2D eigenvalue weighted by Crippen LogP contribution is -2.53. The fraction of sp³-hybridized carbons (Fsp3) is 0.667. The van der Waals surface area contributed by atoms with Gasteiger partial charge in [-0.2, -0.15) is 17.0 Å². The molecule has 0 saturated carbocycles. The van der Waals surface area contributed by atoms with Crippen molar-refractivity contribution in [2.24, 2.45) is 0 Å². The van der Waals surface area contributed by atoms with E-state index in [2.05, 4.69) is 9.88 Å². The molecule has 0 radical (unpaired) electrons. The summed E-state index contributed by atoms with van der Waals surface area (Å²) in [4.78, 5) is 6.47. The summed E-state index contributed by atoms with van der Waals surface area (Å²) >= 11 is 0. The van der Waals surface area contributed by atoms with E-state index in [0.29, 0.717) is 32.8 Å². The molecule has 2 rings (SSSR count). The van der Waals surface area contributed by atoms with Gasteiger partial charge in [0.25, 0.3) is 10.2 Å². The minimum atomic E-state index is -3.40. The Kier molecular flexibility index (Phi) is 5.83. The molecular formula is C15H26N4O3S. The summed E-state index contributed by atoms with van der Waals surface area (Å²) in [7, 11) is -1.78. The molecule has 0 spiro atoms. The third kappa shape index (κ3) is 3.94. The van der Waals surface area contributed by atoms with Crippen molar-refractivity contribution in [3.63, 3.8) is 0 Å². The zero-order valence-corrected chi connectivity index (χ0v) is 15.1. The number of hydrogen-bond donors (Lipinski definition) is 0. The second kappa shape index (κ2) is 7.46. The van der Waals surface area contributed by atoms with Crippen LogP contribution < -0.4 is 9.64 Å². The SMILES string of the molecule is CCOc1cccnc1N1CCN(S(=O)(=O)N(C)C(C)C)CC1. The summed E-state index contributed by atoms with van der Waals surface area (Å²) in [6.07, 6.45) is 1.73. The van der Waals surface area contributed by atoms with Crippen molar-refractivity contribution in [1.82, 2.24) is 13.6 Å². The zero-order valence-electron chi connectivity index (χ0n) is 14.3. The second-order valence-corrected chi connectivity index (χ2v) is 7.75. The van der Waals surface area contributed by atoms with Gasteiger partial charge in [0, 0.05) is 45.5 Å². The summed E-state index contributed by atoms with van der Waals surface area (Å²) in [6.45, 7) is 8.34. The van der Waals surface area contributed by atoms with E-state index in [1.165, 1.54) is 8.61 Å². The molecule has 7 nitrogen and oxygen atoms in total. The Morgan fingerprint density at radius 2 is 1.96 bits per heavy atom. The Labute approximate surface area is 139 Å². The van der Waals surface area contributed by atoms with Crippen molar-refractivity contribution < 1.29 is 13.2 Å². The van der Waals surface area contributed by atoms with Crippen LogP contribution in [-0.4, -0.2) is 67.9 Å². The Morgan fingerprint density at radius 3 is 2.52 bits per heavy atom. The van der Waals surface area contributed by atoms with Crippen LogP contribution in [0.3, 0.4) is 0 Å². The molecule has 0 aliphatic carbocycles. The average molecular weight is 342 g/mol. The minimum absolute atomic E-state index is 0.0571. The lowest BCUT2D eigenvalue weighted by atomic mass is 10.3. The van der Waals surface area contributed by atoms with Crippen molar-refractivity contribution in [3.05, 3.63) is 18.3 Å². The van der Waals surface area contributed by atoms with E-state index in [4.69, 9.17) is 4.74 Å². The number of aromatic nitrogens is 1. The van der Waals surface area contributed by atoms with Gasteiger partial charge in [-0.3, -0.25) is 0 Å². The van der Waals surface area contributed by atoms with E-state index >= 15 is 0 Å². The maximum Gasteiger partial charge on any atom is 0.282 e. The maximum absolute atomic E-state index is 12.5. The molecule has 0 unspecified atom stereocenters.